The molecule has 0 fully saturated rings. The molecular formula is C23H26N2O5S2. The maximum absolute atomic E-state index is 13.3. The van der Waals surface area contributed by atoms with Gasteiger partial charge in [0.15, 0.2) is 10.9 Å². The van der Waals surface area contributed by atoms with Crippen molar-refractivity contribution in [2.24, 2.45) is 0 Å². The summed E-state index contributed by atoms with van der Waals surface area (Å²) in [4.78, 5) is 26.5. The first-order valence-electron chi connectivity index (χ1n) is 10.3. The number of hydrogen-bond donors (Lipinski definition) is 2. The molecule has 0 aliphatic rings. The third-order valence-corrected chi connectivity index (χ3v) is 7.82. The van der Waals surface area contributed by atoms with Gasteiger partial charge in [-0.05, 0) is 36.6 Å². The summed E-state index contributed by atoms with van der Waals surface area (Å²) in [5, 5.41) is 10.1. The highest BCUT2D eigenvalue weighted by atomic mass is 32.2. The summed E-state index contributed by atoms with van der Waals surface area (Å²) in [6.45, 7) is 1.74. The van der Waals surface area contributed by atoms with Crippen LogP contribution in [-0.4, -0.2) is 59.2 Å². The predicted octanol–water partition coefficient (Wildman–Crippen LogP) is 3.25. The molecule has 0 atom stereocenters. The number of hydrogen-bond acceptors (Lipinski definition) is 6. The van der Waals surface area contributed by atoms with Crippen LogP contribution in [0.25, 0.3) is 10.9 Å². The third-order valence-electron chi connectivity index (χ3n) is 5.09. The molecule has 3 aromatic rings. The number of aliphatic hydroxyl groups excluding tert-OH is 1. The molecule has 2 N–H and O–H groups in total. The molecule has 32 heavy (non-hydrogen) atoms. The lowest BCUT2D eigenvalue weighted by molar-refractivity contribution is -0.109. The minimum Gasteiger partial charge on any atom is -0.396 e. The van der Waals surface area contributed by atoms with Crippen LogP contribution in [0.4, 0.5) is 0 Å². The molecule has 0 spiro atoms. The Morgan fingerprint density at radius 3 is 2.47 bits per heavy atom. The van der Waals surface area contributed by atoms with Crippen molar-refractivity contribution in [3.8, 4) is 0 Å². The van der Waals surface area contributed by atoms with Crippen molar-refractivity contribution >= 4 is 43.6 Å². The number of ketones is 1. The standard InChI is InChI=1S/C23H26N2O5S2/c1-17(27)31-16-23(28)18-7-9-20(10-8-18)32(29,30)25(12-4-14-26)13-11-19-15-24-22-6-3-2-5-21(19)22/h2-3,5-10,15,24,26H,4,11-14,16H2,1H3. The van der Waals surface area contributed by atoms with Gasteiger partial charge in [-0.25, -0.2) is 8.42 Å². The monoisotopic (exact) mass is 474 g/mol. The topological polar surface area (TPSA) is 108 Å². The number of rotatable bonds is 11. The normalized spacial score (nSPS) is 11.8. The average Bonchev–Trinajstić information content (AvgIpc) is 3.20. The second-order valence-corrected chi connectivity index (χ2v) is 10.4. The number of para-hydroxylation sites is 1. The minimum absolute atomic E-state index is 0.0225. The van der Waals surface area contributed by atoms with Crippen LogP contribution in [0.15, 0.2) is 59.6 Å². The highest BCUT2D eigenvalue weighted by molar-refractivity contribution is 8.14. The zero-order chi connectivity index (χ0) is 23.1. The molecule has 9 heteroatoms. The fourth-order valence-electron chi connectivity index (χ4n) is 3.40. The second kappa shape index (κ2) is 10.9. The van der Waals surface area contributed by atoms with E-state index in [0.29, 0.717) is 18.4 Å². The van der Waals surface area contributed by atoms with E-state index in [0.717, 1.165) is 28.2 Å². The average molecular weight is 475 g/mol. The molecule has 3 rings (SSSR count). The first-order valence-corrected chi connectivity index (χ1v) is 12.7. The Morgan fingerprint density at radius 1 is 1.06 bits per heavy atom. The number of nitrogens with one attached hydrogen (secondary N) is 1. The van der Waals surface area contributed by atoms with E-state index < -0.39 is 10.0 Å². The zero-order valence-electron chi connectivity index (χ0n) is 17.8. The molecule has 2 aromatic carbocycles. The minimum atomic E-state index is -3.81. The van der Waals surface area contributed by atoms with Gasteiger partial charge in [-0.1, -0.05) is 42.1 Å². The number of nitrogens with zero attached hydrogens (tertiary/aromatic N) is 1. The summed E-state index contributed by atoms with van der Waals surface area (Å²) >= 11 is 0.923. The molecule has 0 aliphatic carbocycles. The highest BCUT2D eigenvalue weighted by Crippen LogP contribution is 2.22. The second-order valence-electron chi connectivity index (χ2n) is 7.32. The first kappa shape index (κ1) is 24.2. The van der Waals surface area contributed by atoms with Crippen molar-refractivity contribution < 1.29 is 23.1 Å². The number of aromatic amines is 1. The SMILES string of the molecule is CC(=O)SCC(=O)c1ccc(S(=O)(=O)N(CCCO)CCc2c[nH]c3ccccc23)cc1. The van der Waals surface area contributed by atoms with Crippen molar-refractivity contribution in [2.45, 2.75) is 24.7 Å². The van der Waals surface area contributed by atoms with Gasteiger partial charge in [-0.2, -0.15) is 4.31 Å². The molecule has 0 radical (unpaired) electrons. The van der Waals surface area contributed by atoms with Gasteiger partial charge in [0.2, 0.25) is 10.0 Å². The summed E-state index contributed by atoms with van der Waals surface area (Å²) in [5.74, 6) is -0.208. The number of carbonyl (C=O) groups is 2. The van der Waals surface area contributed by atoms with Crippen molar-refractivity contribution in [1.82, 2.24) is 9.29 Å². The molecule has 0 saturated carbocycles. The lowest BCUT2D eigenvalue weighted by Crippen LogP contribution is -2.34. The van der Waals surface area contributed by atoms with E-state index in [4.69, 9.17) is 0 Å². The molecule has 1 heterocycles. The van der Waals surface area contributed by atoms with Gasteiger partial charge in [-0.3, -0.25) is 9.59 Å². The number of aromatic nitrogens is 1. The lowest BCUT2D eigenvalue weighted by atomic mass is 10.1. The number of H-pyrrole nitrogens is 1. The third kappa shape index (κ3) is 5.86. The van der Waals surface area contributed by atoms with E-state index in [9.17, 15) is 23.1 Å². The van der Waals surface area contributed by atoms with E-state index in [1.807, 2.05) is 30.5 Å². The zero-order valence-corrected chi connectivity index (χ0v) is 19.4. The van der Waals surface area contributed by atoms with Gasteiger partial charge in [0.25, 0.3) is 0 Å². The fraction of sp³-hybridized carbons (Fsp3) is 0.304. The number of carbonyl (C=O) groups excluding carboxylic acids is 2. The predicted molar refractivity (Wildman–Crippen MR) is 126 cm³/mol. The maximum Gasteiger partial charge on any atom is 0.243 e. The van der Waals surface area contributed by atoms with Crippen LogP contribution in [0.1, 0.15) is 29.3 Å². The number of thioether (sulfide) groups is 1. The Balaban J connectivity index is 1.76. The van der Waals surface area contributed by atoms with E-state index in [2.05, 4.69) is 4.98 Å². The Bertz CT molecular complexity index is 1190. The van der Waals surface area contributed by atoms with Crippen LogP contribution in [-0.2, 0) is 21.2 Å². The summed E-state index contributed by atoms with van der Waals surface area (Å²) < 4.78 is 27.9. The van der Waals surface area contributed by atoms with Crippen molar-refractivity contribution in [3.05, 3.63) is 65.9 Å². The van der Waals surface area contributed by atoms with Crippen LogP contribution in [0, 0.1) is 0 Å². The van der Waals surface area contributed by atoms with Gasteiger partial charge < -0.3 is 10.1 Å². The quantitative estimate of drug-likeness (QED) is 0.413. The van der Waals surface area contributed by atoms with Gasteiger partial charge in [0, 0.05) is 49.3 Å². The van der Waals surface area contributed by atoms with Crippen LogP contribution < -0.4 is 0 Å². The van der Waals surface area contributed by atoms with Crippen LogP contribution >= 0.6 is 11.8 Å². The van der Waals surface area contributed by atoms with Crippen LogP contribution in [0.3, 0.4) is 0 Å². The van der Waals surface area contributed by atoms with Gasteiger partial charge in [0.05, 0.1) is 10.6 Å². The number of sulfonamides is 1. The summed E-state index contributed by atoms with van der Waals surface area (Å²) in [5.41, 5.74) is 2.38. The van der Waals surface area contributed by atoms with Crippen molar-refractivity contribution in [2.75, 3.05) is 25.4 Å². The summed E-state index contributed by atoms with van der Waals surface area (Å²) in [7, 11) is -3.81. The molecule has 0 saturated heterocycles. The number of fused-ring (bicyclic) bond motifs is 1. The van der Waals surface area contributed by atoms with E-state index in [1.165, 1.54) is 35.5 Å². The number of Topliss-reactive ketones (excluding diaryl/α,β-unsaturated/α-hetero) is 1. The maximum atomic E-state index is 13.3. The number of aliphatic hydroxyl groups is 1. The largest absolute Gasteiger partial charge is 0.396 e. The molecule has 1 aromatic heterocycles. The van der Waals surface area contributed by atoms with Gasteiger partial charge in [-0.15, -0.1) is 0 Å². The molecule has 0 amide bonds. The van der Waals surface area contributed by atoms with Gasteiger partial charge >= 0.3 is 0 Å². The highest BCUT2D eigenvalue weighted by Gasteiger charge is 2.24. The Hall–Kier alpha value is -2.46. The first-order chi connectivity index (χ1) is 15.3. The van der Waals surface area contributed by atoms with E-state index in [1.54, 1.807) is 0 Å². The van der Waals surface area contributed by atoms with Crippen molar-refractivity contribution in [3.63, 3.8) is 0 Å². The molecule has 0 bridgehead atoms. The molecule has 0 unspecified atom stereocenters. The fourth-order valence-corrected chi connectivity index (χ4v) is 5.38. The smallest absolute Gasteiger partial charge is 0.243 e. The summed E-state index contributed by atoms with van der Waals surface area (Å²) in [6, 6.07) is 13.6. The van der Waals surface area contributed by atoms with Crippen molar-refractivity contribution in [1.29, 1.82) is 0 Å². The molecule has 0 aliphatic heterocycles. The lowest BCUT2D eigenvalue weighted by Gasteiger charge is -2.22. The Morgan fingerprint density at radius 2 is 1.78 bits per heavy atom. The van der Waals surface area contributed by atoms with Gasteiger partial charge in [0.1, 0.15) is 0 Å². The number of benzene rings is 2. The van der Waals surface area contributed by atoms with Crippen LogP contribution in [0.2, 0.25) is 0 Å². The Kier molecular flexibility index (Phi) is 8.25. The molecule has 7 nitrogen and oxygen atoms in total. The van der Waals surface area contributed by atoms with Crippen LogP contribution in [0.5, 0.6) is 0 Å². The summed E-state index contributed by atoms with van der Waals surface area (Å²) in [6.07, 6.45) is 2.74. The van der Waals surface area contributed by atoms with E-state index in [-0.39, 0.29) is 41.2 Å². The van der Waals surface area contributed by atoms with E-state index >= 15 is 0 Å². The molecular weight excluding hydrogens is 448 g/mol. The Labute approximate surface area is 191 Å². The molecule has 170 valence electrons.